The molecule has 0 aliphatic carbocycles. The summed E-state index contributed by atoms with van der Waals surface area (Å²) in [6, 6.07) is 21.4. The highest BCUT2D eigenvalue weighted by Gasteiger charge is 2.33. The van der Waals surface area contributed by atoms with Crippen LogP contribution >= 0.6 is 23.2 Å². The average molecular weight is 474 g/mol. The van der Waals surface area contributed by atoms with Gasteiger partial charge in [-0.15, -0.1) is 0 Å². The topological polar surface area (TPSA) is 38.3 Å². The Morgan fingerprint density at radius 3 is 2.28 bits per heavy atom. The third kappa shape index (κ3) is 6.47. The predicted octanol–water partition coefficient (Wildman–Crippen LogP) is 6.82. The number of rotatable bonds is 8. The van der Waals surface area contributed by atoms with Gasteiger partial charge < -0.3 is 10.1 Å². The van der Waals surface area contributed by atoms with Crippen LogP contribution in [-0.4, -0.2) is 17.6 Å². The Morgan fingerprint density at radius 1 is 1.00 bits per heavy atom. The molecule has 6 heteroatoms. The molecule has 1 amide bonds. The van der Waals surface area contributed by atoms with Crippen LogP contribution in [0, 0.1) is 5.82 Å². The monoisotopic (exact) mass is 473 g/mol. The van der Waals surface area contributed by atoms with Crippen LogP contribution in [-0.2, 0) is 11.2 Å². The van der Waals surface area contributed by atoms with Crippen LogP contribution in [0.15, 0.2) is 72.8 Å². The Bertz CT molecular complexity index is 1030. The third-order valence-electron chi connectivity index (χ3n) is 5.31. The summed E-state index contributed by atoms with van der Waals surface area (Å²) in [7, 11) is 0. The molecule has 1 N–H and O–H groups in total. The summed E-state index contributed by atoms with van der Waals surface area (Å²) in [5.74, 6) is -0.601. The fourth-order valence-corrected chi connectivity index (χ4v) is 3.91. The molecule has 0 bridgehead atoms. The first-order valence-electron chi connectivity index (χ1n) is 10.4. The molecule has 3 aromatic rings. The van der Waals surface area contributed by atoms with Crippen molar-refractivity contribution in [3.05, 3.63) is 99.8 Å². The molecule has 3 nitrogen and oxygen atoms in total. The zero-order chi connectivity index (χ0) is 23.3. The minimum absolute atomic E-state index is 0.0285. The largest absolute Gasteiger partial charge is 0.478 e. The van der Waals surface area contributed by atoms with Crippen molar-refractivity contribution in [3.8, 4) is 5.75 Å². The Balaban J connectivity index is 1.77. The Morgan fingerprint density at radius 2 is 1.66 bits per heavy atom. The maximum Gasteiger partial charge on any atom is 0.263 e. The molecule has 0 aliphatic rings. The van der Waals surface area contributed by atoms with Crippen LogP contribution in [0.25, 0.3) is 0 Å². The molecule has 0 spiro atoms. The highest BCUT2D eigenvalue weighted by atomic mass is 35.5. The number of amides is 1. The summed E-state index contributed by atoms with van der Waals surface area (Å²) < 4.78 is 19.5. The van der Waals surface area contributed by atoms with E-state index in [2.05, 4.69) is 17.4 Å². The van der Waals surface area contributed by atoms with E-state index in [1.165, 1.54) is 18.2 Å². The number of ether oxygens (including phenoxy) is 1. The molecule has 0 unspecified atom stereocenters. The van der Waals surface area contributed by atoms with Gasteiger partial charge in [0.05, 0.1) is 0 Å². The van der Waals surface area contributed by atoms with Crippen molar-refractivity contribution in [1.82, 2.24) is 5.32 Å². The van der Waals surface area contributed by atoms with Crippen molar-refractivity contribution in [2.45, 2.75) is 44.8 Å². The summed E-state index contributed by atoms with van der Waals surface area (Å²) in [6.45, 7) is 5.26. The second-order valence-corrected chi connectivity index (χ2v) is 9.20. The highest BCUT2D eigenvalue weighted by Crippen LogP contribution is 2.27. The van der Waals surface area contributed by atoms with Crippen LogP contribution in [0.2, 0.25) is 10.0 Å². The van der Waals surface area contributed by atoms with Gasteiger partial charge in [0.15, 0.2) is 5.60 Å². The lowest BCUT2D eigenvalue weighted by Gasteiger charge is -2.31. The molecule has 3 rings (SSSR count). The molecule has 0 fully saturated rings. The zero-order valence-electron chi connectivity index (χ0n) is 18.2. The van der Waals surface area contributed by atoms with Gasteiger partial charge in [-0.25, -0.2) is 4.39 Å². The molecule has 0 heterocycles. The number of benzene rings is 3. The number of carbonyl (C=O) groups is 1. The number of carbonyl (C=O) groups excluding carboxylic acids is 1. The van der Waals surface area contributed by atoms with Crippen LogP contribution < -0.4 is 10.1 Å². The second-order valence-electron chi connectivity index (χ2n) is 8.33. The van der Waals surface area contributed by atoms with Gasteiger partial charge in [-0.2, -0.15) is 0 Å². The first-order valence-corrected chi connectivity index (χ1v) is 11.1. The van der Waals surface area contributed by atoms with Crippen molar-refractivity contribution >= 4 is 29.1 Å². The van der Waals surface area contributed by atoms with Gasteiger partial charge in [-0.05, 0) is 62.6 Å². The first kappa shape index (κ1) is 24.1. The molecule has 2 atom stereocenters. The van der Waals surface area contributed by atoms with Crippen molar-refractivity contribution in [2.75, 3.05) is 0 Å². The van der Waals surface area contributed by atoms with Crippen molar-refractivity contribution in [3.63, 3.8) is 0 Å². The molecule has 0 saturated heterocycles. The van der Waals surface area contributed by atoms with Crippen LogP contribution in [0.4, 0.5) is 4.39 Å². The number of hydrogen-bond donors (Lipinski definition) is 1. The SMILES string of the molecule is C[C@H](NC(=O)C(C)(C)Oc1cc(F)cc(Cl)c1)[C@@H](Cc1ccc(Cl)cc1)c1ccccc1. The maximum atomic E-state index is 13.7. The van der Waals surface area contributed by atoms with Gasteiger partial charge in [0, 0.05) is 28.1 Å². The lowest BCUT2D eigenvalue weighted by molar-refractivity contribution is -0.135. The third-order valence-corrected chi connectivity index (χ3v) is 5.79. The number of halogens is 3. The van der Waals surface area contributed by atoms with E-state index in [4.69, 9.17) is 27.9 Å². The van der Waals surface area contributed by atoms with Gasteiger partial charge in [0.1, 0.15) is 11.6 Å². The van der Waals surface area contributed by atoms with E-state index in [9.17, 15) is 9.18 Å². The van der Waals surface area contributed by atoms with Crippen LogP contribution in [0.5, 0.6) is 5.75 Å². The van der Waals surface area contributed by atoms with E-state index in [0.717, 1.165) is 17.5 Å². The standard InChI is InChI=1S/C26H26Cl2FNO2/c1-17(30-25(31)26(2,3)32-23-15-21(28)14-22(29)16-23)24(19-7-5-4-6-8-19)13-18-9-11-20(27)12-10-18/h4-12,14-17,24H,13H2,1-3H3,(H,30,31)/t17-,24+/m0/s1. The Hall–Kier alpha value is -2.56. The fourth-order valence-electron chi connectivity index (χ4n) is 3.57. The fraction of sp³-hybridized carbons (Fsp3) is 0.269. The lowest BCUT2D eigenvalue weighted by atomic mass is 9.86. The van der Waals surface area contributed by atoms with E-state index in [0.29, 0.717) is 5.02 Å². The number of nitrogens with one attached hydrogen (secondary N) is 1. The Kier molecular flexibility index (Phi) is 7.81. The molecule has 0 aromatic heterocycles. The quantitative estimate of drug-likeness (QED) is 0.389. The molecule has 0 aliphatic heterocycles. The van der Waals surface area contributed by atoms with Crippen molar-refractivity contribution in [1.29, 1.82) is 0 Å². The van der Waals surface area contributed by atoms with E-state index in [1.807, 2.05) is 49.4 Å². The molecule has 32 heavy (non-hydrogen) atoms. The number of hydrogen-bond acceptors (Lipinski definition) is 2. The molecular formula is C26H26Cl2FNO2. The van der Waals surface area contributed by atoms with Crippen molar-refractivity contribution < 1.29 is 13.9 Å². The summed E-state index contributed by atoms with van der Waals surface area (Å²) in [5.41, 5.74) is 1.01. The summed E-state index contributed by atoms with van der Waals surface area (Å²) in [6.07, 6.45) is 0.726. The molecular weight excluding hydrogens is 448 g/mol. The second kappa shape index (κ2) is 10.4. The zero-order valence-corrected chi connectivity index (χ0v) is 19.8. The molecule has 168 valence electrons. The average Bonchev–Trinajstić information content (AvgIpc) is 2.72. The van der Waals surface area contributed by atoms with Gasteiger partial charge in [-0.3, -0.25) is 4.79 Å². The highest BCUT2D eigenvalue weighted by molar-refractivity contribution is 6.30. The van der Waals surface area contributed by atoms with Crippen LogP contribution in [0.1, 0.15) is 37.8 Å². The van der Waals surface area contributed by atoms with Gasteiger partial charge in [-0.1, -0.05) is 65.7 Å². The van der Waals surface area contributed by atoms with Gasteiger partial charge >= 0.3 is 0 Å². The smallest absolute Gasteiger partial charge is 0.263 e. The summed E-state index contributed by atoms with van der Waals surface area (Å²) in [4.78, 5) is 13.1. The van der Waals surface area contributed by atoms with E-state index < -0.39 is 11.4 Å². The minimum Gasteiger partial charge on any atom is -0.478 e. The molecule has 0 radical (unpaired) electrons. The van der Waals surface area contributed by atoms with E-state index in [-0.39, 0.29) is 28.6 Å². The van der Waals surface area contributed by atoms with Gasteiger partial charge in [0.25, 0.3) is 5.91 Å². The molecule has 0 saturated carbocycles. The minimum atomic E-state index is -1.23. The summed E-state index contributed by atoms with van der Waals surface area (Å²) >= 11 is 11.9. The van der Waals surface area contributed by atoms with E-state index in [1.54, 1.807) is 13.8 Å². The molecule has 3 aromatic carbocycles. The van der Waals surface area contributed by atoms with E-state index >= 15 is 0 Å². The van der Waals surface area contributed by atoms with Gasteiger partial charge in [0.2, 0.25) is 0 Å². The predicted molar refractivity (Wildman–Crippen MR) is 128 cm³/mol. The Labute approximate surface area is 198 Å². The van der Waals surface area contributed by atoms with Crippen molar-refractivity contribution in [2.24, 2.45) is 0 Å². The van der Waals surface area contributed by atoms with Crippen LogP contribution in [0.3, 0.4) is 0 Å². The first-order chi connectivity index (χ1) is 15.1. The normalized spacial score (nSPS) is 13.3. The maximum absolute atomic E-state index is 13.7. The lowest BCUT2D eigenvalue weighted by Crippen LogP contribution is -2.51. The summed E-state index contributed by atoms with van der Waals surface area (Å²) in [5, 5.41) is 3.97.